The highest BCUT2D eigenvalue weighted by atomic mass is 35.5. The van der Waals surface area contributed by atoms with E-state index in [1.165, 1.54) is 13.3 Å². The summed E-state index contributed by atoms with van der Waals surface area (Å²) in [6.45, 7) is 0. The van der Waals surface area contributed by atoms with E-state index in [9.17, 15) is 9.00 Å². The van der Waals surface area contributed by atoms with Gasteiger partial charge in [-0.1, -0.05) is 6.07 Å². The van der Waals surface area contributed by atoms with Crippen LogP contribution in [0.15, 0.2) is 59.9 Å². The highest BCUT2D eigenvalue weighted by molar-refractivity contribution is 7.84. The first-order valence-electron chi connectivity index (χ1n) is 8.92. The molecule has 2 heterocycles. The van der Waals surface area contributed by atoms with Crippen LogP contribution in [-0.4, -0.2) is 34.3 Å². The Morgan fingerprint density at radius 1 is 1.10 bits per heavy atom. The second-order valence-electron chi connectivity index (χ2n) is 6.15. The molecule has 9 heteroatoms. The molecule has 30 heavy (non-hydrogen) atoms. The van der Waals surface area contributed by atoms with Gasteiger partial charge in [-0.25, -0.2) is 4.98 Å². The summed E-state index contributed by atoms with van der Waals surface area (Å²) in [6.07, 6.45) is 3.07. The molecule has 7 nitrogen and oxygen atoms in total. The molecule has 1 atom stereocenters. The Morgan fingerprint density at radius 2 is 1.93 bits per heavy atom. The van der Waals surface area contributed by atoms with Crippen LogP contribution in [0.1, 0.15) is 21.6 Å². The Kier molecular flexibility index (Phi) is 7.37. The smallest absolute Gasteiger partial charge is 0.258 e. The maximum absolute atomic E-state index is 13.1. The zero-order valence-electron chi connectivity index (χ0n) is 16.4. The summed E-state index contributed by atoms with van der Waals surface area (Å²) in [4.78, 5) is 21.1. The molecule has 0 saturated carbocycles. The Bertz CT molecular complexity index is 1080. The van der Waals surface area contributed by atoms with E-state index in [1.807, 2.05) is 0 Å². The average molecular weight is 446 g/mol. The number of amides is 1. The number of ether oxygens (including phenoxy) is 2. The summed E-state index contributed by atoms with van der Waals surface area (Å²) < 4.78 is 23.6. The van der Waals surface area contributed by atoms with Crippen molar-refractivity contribution in [3.05, 3.63) is 71.7 Å². The molecule has 0 radical (unpaired) electrons. The molecule has 0 aliphatic rings. The number of pyridine rings is 2. The zero-order chi connectivity index (χ0) is 21.5. The normalized spacial score (nSPS) is 11.6. The van der Waals surface area contributed by atoms with Gasteiger partial charge < -0.3 is 14.8 Å². The summed E-state index contributed by atoms with van der Waals surface area (Å²) in [7, 11) is 1.52. The molecule has 0 saturated heterocycles. The van der Waals surface area contributed by atoms with E-state index < -0.39 is 16.7 Å². The van der Waals surface area contributed by atoms with Gasteiger partial charge in [0.15, 0.2) is 0 Å². The molecule has 1 N–H and O–H groups in total. The molecular weight excluding hydrogens is 426 g/mol. The number of hydrogen-bond donors (Lipinski definition) is 1. The molecule has 1 aromatic carbocycles. The third kappa shape index (κ3) is 5.14. The monoisotopic (exact) mass is 445 g/mol. The van der Waals surface area contributed by atoms with Gasteiger partial charge in [0.25, 0.3) is 5.91 Å². The second-order valence-corrected chi connectivity index (χ2v) is 7.78. The summed E-state index contributed by atoms with van der Waals surface area (Å²) in [6, 6.07) is 11.8. The number of methoxy groups -OCH3 is 2. The van der Waals surface area contributed by atoms with Crippen molar-refractivity contribution < 1.29 is 18.5 Å². The maximum atomic E-state index is 13.1. The van der Waals surface area contributed by atoms with E-state index in [0.717, 1.165) is 5.56 Å². The lowest BCUT2D eigenvalue weighted by Gasteiger charge is -2.12. The van der Waals surface area contributed by atoms with Crippen LogP contribution in [0.25, 0.3) is 0 Å². The summed E-state index contributed by atoms with van der Waals surface area (Å²) >= 11 is 5.80. The van der Waals surface area contributed by atoms with Gasteiger partial charge in [-0.15, -0.1) is 11.6 Å². The predicted octanol–water partition coefficient (Wildman–Crippen LogP) is 3.79. The average Bonchev–Trinajstić information content (AvgIpc) is 2.79. The number of carbonyl (C=O) groups excluding carboxylic acids is 1. The Balaban J connectivity index is 1.84. The molecule has 1 unspecified atom stereocenters. The van der Waals surface area contributed by atoms with Gasteiger partial charge >= 0.3 is 0 Å². The first-order valence-corrected chi connectivity index (χ1v) is 10.8. The Hall–Kier alpha value is -2.97. The van der Waals surface area contributed by atoms with Crippen LogP contribution in [0.5, 0.6) is 11.5 Å². The lowest BCUT2D eigenvalue weighted by molar-refractivity contribution is 0.102. The van der Waals surface area contributed by atoms with Gasteiger partial charge in [-0.3, -0.25) is 14.0 Å². The van der Waals surface area contributed by atoms with Gasteiger partial charge in [-0.2, -0.15) is 0 Å². The number of carbonyl (C=O) groups is 1. The van der Waals surface area contributed by atoms with Crippen LogP contribution >= 0.6 is 11.6 Å². The Labute approximate surface area is 181 Å². The quantitative estimate of drug-likeness (QED) is 0.530. The van der Waals surface area contributed by atoms with Crippen molar-refractivity contribution in [3.63, 3.8) is 0 Å². The highest BCUT2D eigenvalue weighted by Crippen LogP contribution is 2.27. The van der Waals surface area contributed by atoms with Crippen LogP contribution in [-0.2, 0) is 22.4 Å². The SMILES string of the molecule is COc1ccc(CS(=O)c2ncccc2C(=O)Nc2ccnc(CCl)c2)c(OC)c1. The molecule has 3 aromatic rings. The standard InChI is InChI=1S/C21H20ClN3O4S/c1-28-17-6-5-14(19(11-17)29-2)13-30(27)21-18(4-3-8-24-21)20(26)25-15-7-9-23-16(10-15)12-22/h3-11H,12-13H2,1-2H3,(H,23,25,26). The topological polar surface area (TPSA) is 90.4 Å². The van der Waals surface area contributed by atoms with Gasteiger partial charge in [-0.05, 0) is 30.3 Å². The van der Waals surface area contributed by atoms with Gasteiger partial charge in [0.05, 0.1) is 47.9 Å². The van der Waals surface area contributed by atoms with Crippen molar-refractivity contribution in [1.29, 1.82) is 0 Å². The van der Waals surface area contributed by atoms with Crippen LogP contribution in [0.4, 0.5) is 5.69 Å². The van der Waals surface area contributed by atoms with Gasteiger partial charge in [0.2, 0.25) is 0 Å². The van der Waals surface area contributed by atoms with Crippen molar-refractivity contribution in [1.82, 2.24) is 9.97 Å². The number of anilines is 1. The number of halogens is 1. The van der Waals surface area contributed by atoms with Gasteiger partial charge in [0, 0.05) is 29.7 Å². The molecule has 0 aliphatic carbocycles. The molecule has 156 valence electrons. The van der Waals surface area contributed by atoms with E-state index in [4.69, 9.17) is 21.1 Å². The molecule has 0 aliphatic heterocycles. The van der Waals surface area contributed by atoms with Crippen molar-refractivity contribution in [2.45, 2.75) is 16.7 Å². The Morgan fingerprint density at radius 3 is 2.67 bits per heavy atom. The largest absolute Gasteiger partial charge is 0.497 e. The fourth-order valence-corrected chi connectivity index (χ4v) is 4.14. The van der Waals surface area contributed by atoms with E-state index in [0.29, 0.717) is 22.9 Å². The zero-order valence-corrected chi connectivity index (χ0v) is 18.0. The summed E-state index contributed by atoms with van der Waals surface area (Å²) in [5.74, 6) is 1.13. The number of hydrogen-bond acceptors (Lipinski definition) is 6. The number of alkyl halides is 1. The first-order chi connectivity index (χ1) is 14.5. The molecule has 0 fully saturated rings. The minimum absolute atomic E-state index is 0.135. The fraction of sp³-hybridized carbons (Fsp3) is 0.190. The molecule has 3 rings (SSSR count). The highest BCUT2D eigenvalue weighted by Gasteiger charge is 2.19. The summed E-state index contributed by atoms with van der Waals surface area (Å²) in [5.41, 5.74) is 2.13. The van der Waals surface area contributed by atoms with Crippen molar-refractivity contribution in [2.24, 2.45) is 0 Å². The maximum Gasteiger partial charge on any atom is 0.258 e. The van der Waals surface area contributed by atoms with E-state index in [-0.39, 0.29) is 22.2 Å². The van der Waals surface area contributed by atoms with Gasteiger partial charge in [0.1, 0.15) is 16.5 Å². The number of nitrogens with one attached hydrogen (secondary N) is 1. The molecule has 1 amide bonds. The molecule has 0 spiro atoms. The van der Waals surface area contributed by atoms with Crippen molar-refractivity contribution >= 4 is 34.0 Å². The predicted molar refractivity (Wildman–Crippen MR) is 116 cm³/mol. The molecular formula is C21H20ClN3O4S. The fourth-order valence-electron chi connectivity index (χ4n) is 2.75. The van der Waals surface area contributed by atoms with Crippen LogP contribution in [0, 0.1) is 0 Å². The number of benzene rings is 1. The van der Waals surface area contributed by atoms with Crippen molar-refractivity contribution in [3.8, 4) is 11.5 Å². The van der Waals surface area contributed by atoms with E-state index in [2.05, 4.69) is 15.3 Å². The first kappa shape index (κ1) is 21.7. The number of aromatic nitrogens is 2. The van der Waals surface area contributed by atoms with E-state index >= 15 is 0 Å². The lowest BCUT2D eigenvalue weighted by atomic mass is 10.2. The summed E-state index contributed by atoms with van der Waals surface area (Å²) in [5, 5.41) is 2.97. The minimum Gasteiger partial charge on any atom is -0.497 e. The number of nitrogens with zero attached hydrogens (tertiary/aromatic N) is 2. The molecule has 2 aromatic heterocycles. The third-order valence-electron chi connectivity index (χ3n) is 4.22. The van der Waals surface area contributed by atoms with Crippen molar-refractivity contribution in [2.75, 3.05) is 19.5 Å². The van der Waals surface area contributed by atoms with Crippen LogP contribution in [0.3, 0.4) is 0 Å². The second kappa shape index (κ2) is 10.2. The third-order valence-corrected chi connectivity index (χ3v) is 5.83. The number of rotatable bonds is 8. The lowest BCUT2D eigenvalue weighted by Crippen LogP contribution is -2.16. The van der Waals surface area contributed by atoms with Crippen LogP contribution in [0.2, 0.25) is 0 Å². The molecule has 0 bridgehead atoms. The van der Waals surface area contributed by atoms with E-state index in [1.54, 1.807) is 55.8 Å². The van der Waals surface area contributed by atoms with Crippen LogP contribution < -0.4 is 14.8 Å². The minimum atomic E-state index is -1.58.